The lowest BCUT2D eigenvalue weighted by atomic mass is 9.88. The Balaban J connectivity index is 1.87. The third-order valence-electron chi connectivity index (χ3n) is 6.28. The molecule has 186 valence electrons. The fourth-order valence-electron chi connectivity index (χ4n) is 4.51. The second kappa shape index (κ2) is 11.1. The summed E-state index contributed by atoms with van der Waals surface area (Å²) in [4.78, 5) is 13.9. The lowest BCUT2D eigenvalue weighted by Crippen LogP contribution is -2.30. The summed E-state index contributed by atoms with van der Waals surface area (Å²) < 4.78 is 42.9. The number of alkyl halides is 1. The second-order valence-corrected chi connectivity index (χ2v) is 10.7. The van der Waals surface area contributed by atoms with E-state index in [4.69, 9.17) is 8.92 Å². The first-order valence-corrected chi connectivity index (χ1v) is 13.8. The van der Waals surface area contributed by atoms with E-state index in [1.54, 1.807) is 40.6 Å². The molecule has 0 saturated carbocycles. The molecule has 0 N–H and O–H groups in total. The van der Waals surface area contributed by atoms with Crippen molar-refractivity contribution in [2.24, 2.45) is 5.92 Å². The van der Waals surface area contributed by atoms with Crippen LogP contribution in [0.3, 0.4) is 0 Å². The SMILES string of the molecule is C=S(/C=C/C)OCC1CSc2c(CC3C=CC=CC3F)c(C)c(-c3cccc(OC)c3F)c(=O)n21. The molecule has 1 aliphatic heterocycles. The average Bonchev–Trinajstić information content (AvgIpc) is 3.27. The van der Waals surface area contributed by atoms with E-state index >= 15 is 4.39 Å². The number of aromatic nitrogens is 1. The number of thioether (sulfide) groups is 1. The first-order valence-electron chi connectivity index (χ1n) is 11.4. The maximum atomic E-state index is 15.4. The van der Waals surface area contributed by atoms with Crippen molar-refractivity contribution in [1.29, 1.82) is 0 Å². The van der Waals surface area contributed by atoms with Gasteiger partial charge in [-0.2, -0.15) is 0 Å². The van der Waals surface area contributed by atoms with Crippen LogP contribution in [0.2, 0.25) is 0 Å². The van der Waals surface area contributed by atoms with Crippen molar-refractivity contribution < 1.29 is 17.7 Å². The molecule has 2 heterocycles. The number of benzene rings is 1. The van der Waals surface area contributed by atoms with Crippen LogP contribution in [-0.2, 0) is 10.6 Å². The number of ether oxygens (including phenoxy) is 1. The summed E-state index contributed by atoms with van der Waals surface area (Å²) in [5.41, 5.74) is 1.72. The number of rotatable bonds is 8. The Labute approximate surface area is 211 Å². The molecule has 0 saturated heterocycles. The van der Waals surface area contributed by atoms with Crippen molar-refractivity contribution in [2.45, 2.75) is 37.5 Å². The zero-order chi connectivity index (χ0) is 25.1. The summed E-state index contributed by atoms with van der Waals surface area (Å²) in [7, 11) is 0.777. The number of allylic oxidation sites excluding steroid dienone is 5. The van der Waals surface area contributed by atoms with E-state index in [9.17, 15) is 9.18 Å². The minimum Gasteiger partial charge on any atom is -0.494 e. The third-order valence-corrected chi connectivity index (χ3v) is 8.56. The Morgan fingerprint density at radius 1 is 1.31 bits per heavy atom. The van der Waals surface area contributed by atoms with E-state index < -0.39 is 22.8 Å². The molecule has 0 bridgehead atoms. The summed E-state index contributed by atoms with van der Waals surface area (Å²) >= 11 is 1.57. The molecule has 2 aliphatic rings. The molecule has 4 unspecified atom stereocenters. The summed E-state index contributed by atoms with van der Waals surface area (Å²) in [6.45, 7) is 4.03. The van der Waals surface area contributed by atoms with Gasteiger partial charge in [-0.25, -0.2) is 8.78 Å². The summed E-state index contributed by atoms with van der Waals surface area (Å²) in [5, 5.41) is 2.67. The van der Waals surface area contributed by atoms with Crippen LogP contribution in [0.5, 0.6) is 5.75 Å². The smallest absolute Gasteiger partial charge is 0.260 e. The van der Waals surface area contributed by atoms with E-state index in [0.717, 1.165) is 10.6 Å². The van der Waals surface area contributed by atoms with Crippen LogP contribution in [-0.4, -0.2) is 36.1 Å². The summed E-state index contributed by atoms with van der Waals surface area (Å²) in [6.07, 6.45) is 8.10. The Kier molecular flexibility index (Phi) is 8.14. The zero-order valence-corrected chi connectivity index (χ0v) is 21.6. The van der Waals surface area contributed by atoms with Crippen molar-refractivity contribution in [1.82, 2.24) is 4.57 Å². The normalized spacial score (nSPS) is 22.0. The van der Waals surface area contributed by atoms with Crippen molar-refractivity contribution in [2.75, 3.05) is 19.5 Å². The summed E-state index contributed by atoms with van der Waals surface area (Å²) in [6, 6.07) is 4.54. The number of hydrogen-bond acceptors (Lipinski definition) is 4. The molecule has 1 aromatic heterocycles. The minimum absolute atomic E-state index is 0.0687. The molecular weight excluding hydrogens is 488 g/mol. The van der Waals surface area contributed by atoms with Crippen molar-refractivity contribution in [3.8, 4) is 16.9 Å². The van der Waals surface area contributed by atoms with Crippen LogP contribution >= 0.6 is 22.5 Å². The second-order valence-electron chi connectivity index (χ2n) is 8.46. The molecule has 1 aliphatic carbocycles. The molecule has 4 atom stereocenters. The van der Waals surface area contributed by atoms with Crippen LogP contribution in [0.1, 0.15) is 24.1 Å². The Bertz CT molecular complexity index is 1280. The van der Waals surface area contributed by atoms with Gasteiger partial charge in [0, 0.05) is 17.2 Å². The average molecular weight is 518 g/mol. The van der Waals surface area contributed by atoms with E-state index in [1.165, 1.54) is 13.2 Å². The van der Waals surface area contributed by atoms with Gasteiger partial charge in [-0.15, -0.1) is 11.8 Å². The molecule has 8 heteroatoms. The van der Waals surface area contributed by atoms with Gasteiger partial charge in [0.05, 0.1) is 30.3 Å². The highest BCUT2D eigenvalue weighted by Gasteiger charge is 2.33. The van der Waals surface area contributed by atoms with Crippen molar-refractivity contribution in [3.05, 3.63) is 81.3 Å². The first-order chi connectivity index (χ1) is 16.9. The highest BCUT2D eigenvalue weighted by atomic mass is 32.2. The van der Waals surface area contributed by atoms with Gasteiger partial charge in [-0.05, 0) is 59.5 Å². The van der Waals surface area contributed by atoms with Gasteiger partial charge in [0.25, 0.3) is 5.56 Å². The highest BCUT2D eigenvalue weighted by molar-refractivity contribution is 8.12. The molecule has 1 aromatic carbocycles. The molecule has 35 heavy (non-hydrogen) atoms. The predicted octanol–water partition coefficient (Wildman–Crippen LogP) is 6.41. The van der Waals surface area contributed by atoms with Gasteiger partial charge in [-0.1, -0.05) is 42.5 Å². The Morgan fingerprint density at radius 3 is 2.80 bits per heavy atom. The third kappa shape index (κ3) is 5.10. The summed E-state index contributed by atoms with van der Waals surface area (Å²) in [5.74, 6) is 3.74. The van der Waals surface area contributed by atoms with Gasteiger partial charge in [0.2, 0.25) is 0 Å². The van der Waals surface area contributed by atoms with Gasteiger partial charge >= 0.3 is 0 Å². The number of pyridine rings is 1. The van der Waals surface area contributed by atoms with Crippen LogP contribution in [0.15, 0.2) is 63.8 Å². The molecule has 4 nitrogen and oxygen atoms in total. The van der Waals surface area contributed by atoms with Gasteiger partial charge in [0.1, 0.15) is 6.17 Å². The molecule has 0 amide bonds. The predicted molar refractivity (Wildman–Crippen MR) is 143 cm³/mol. The number of methoxy groups -OCH3 is 1. The largest absolute Gasteiger partial charge is 0.494 e. The minimum atomic E-state index is -1.12. The van der Waals surface area contributed by atoms with E-state index in [-0.39, 0.29) is 34.4 Å². The number of hydrogen-bond donors (Lipinski definition) is 0. The maximum Gasteiger partial charge on any atom is 0.260 e. The maximum absolute atomic E-state index is 15.4. The van der Waals surface area contributed by atoms with E-state index in [1.807, 2.05) is 37.5 Å². The first kappa shape index (κ1) is 25.7. The van der Waals surface area contributed by atoms with Crippen LogP contribution in [0.25, 0.3) is 11.1 Å². The standard InChI is InChI=1S/C27H29F2NO3S2/c1-5-13-35(4)33-15-19-16-34-27-21(14-18-9-6-7-11-22(18)28)17(2)24(26(31)30(19)27)20-10-8-12-23(32-3)25(20)29/h5-13,18-19,22H,4,14-16H2,1-3H3/b13-5+. The molecular formula is C27H29F2NO3S2. The van der Waals surface area contributed by atoms with Crippen LogP contribution in [0, 0.1) is 18.7 Å². The number of halogens is 2. The fraction of sp³-hybridized carbons (Fsp3) is 0.333. The molecule has 0 spiro atoms. The number of nitrogens with zero attached hydrogens (tertiary/aromatic N) is 1. The fourth-order valence-corrected chi connectivity index (χ4v) is 6.60. The van der Waals surface area contributed by atoms with Crippen LogP contribution in [0.4, 0.5) is 8.78 Å². The quantitative estimate of drug-likeness (QED) is 0.380. The van der Waals surface area contributed by atoms with Crippen LogP contribution < -0.4 is 10.3 Å². The number of fused-ring (bicyclic) bond motifs is 1. The Hall–Kier alpha value is -2.42. The molecule has 4 rings (SSSR count). The lowest BCUT2D eigenvalue weighted by molar-refractivity contribution is 0.295. The molecule has 0 fully saturated rings. The highest BCUT2D eigenvalue weighted by Crippen LogP contribution is 2.41. The molecule has 0 radical (unpaired) electrons. The lowest BCUT2D eigenvalue weighted by Gasteiger charge is -2.24. The van der Waals surface area contributed by atoms with Crippen molar-refractivity contribution in [3.63, 3.8) is 0 Å². The van der Waals surface area contributed by atoms with E-state index in [2.05, 4.69) is 5.87 Å². The van der Waals surface area contributed by atoms with Gasteiger partial charge in [-0.3, -0.25) is 9.36 Å². The van der Waals surface area contributed by atoms with E-state index in [0.29, 0.717) is 24.3 Å². The monoisotopic (exact) mass is 517 g/mol. The van der Waals surface area contributed by atoms with Crippen molar-refractivity contribution >= 4 is 28.4 Å². The zero-order valence-electron chi connectivity index (χ0n) is 20.0. The molecule has 2 aromatic rings. The van der Waals surface area contributed by atoms with Gasteiger partial charge in [0.15, 0.2) is 11.6 Å². The van der Waals surface area contributed by atoms with Gasteiger partial charge < -0.3 is 8.92 Å². The topological polar surface area (TPSA) is 40.5 Å². The Morgan fingerprint density at radius 2 is 2.09 bits per heavy atom.